The fourth-order valence-corrected chi connectivity index (χ4v) is 2.61. The van der Waals surface area contributed by atoms with Crippen LogP contribution in [0.2, 0.25) is 0 Å². The molecule has 1 saturated heterocycles. The van der Waals surface area contributed by atoms with Crippen molar-refractivity contribution in [3.63, 3.8) is 0 Å². The minimum atomic E-state index is -0.0571. The van der Waals surface area contributed by atoms with E-state index in [-0.39, 0.29) is 17.7 Å². The lowest BCUT2D eigenvalue weighted by Gasteiger charge is -2.34. The second-order valence-corrected chi connectivity index (χ2v) is 5.85. The molecule has 0 saturated carbocycles. The van der Waals surface area contributed by atoms with Crippen LogP contribution in [-0.4, -0.2) is 42.3 Å². The third-order valence-electron chi connectivity index (χ3n) is 3.98. The van der Waals surface area contributed by atoms with Gasteiger partial charge in [-0.1, -0.05) is 19.1 Å². The van der Waals surface area contributed by atoms with E-state index in [1.54, 1.807) is 24.3 Å². The van der Waals surface area contributed by atoms with E-state index in [0.717, 1.165) is 19.5 Å². The first-order chi connectivity index (χ1) is 9.95. The molecule has 1 amide bonds. The van der Waals surface area contributed by atoms with Gasteiger partial charge in [0.1, 0.15) is 0 Å². The van der Waals surface area contributed by atoms with Gasteiger partial charge in [-0.15, -0.1) is 0 Å². The van der Waals surface area contributed by atoms with Gasteiger partial charge in [-0.2, -0.15) is 0 Å². The number of Topliss-reactive ketones (excluding diaryl/α,β-unsaturated/α-hetero) is 1. The number of nitrogens with one attached hydrogen (secondary N) is 1. The van der Waals surface area contributed by atoms with Crippen molar-refractivity contribution in [2.45, 2.75) is 26.3 Å². The number of rotatable bonds is 4. The first-order valence-electron chi connectivity index (χ1n) is 7.34. The zero-order valence-corrected chi connectivity index (χ0v) is 12.6. The number of hydrogen-bond donors (Lipinski definition) is 2. The van der Waals surface area contributed by atoms with Gasteiger partial charge in [0.15, 0.2) is 5.78 Å². The maximum absolute atomic E-state index is 12.1. The second kappa shape index (κ2) is 6.83. The fraction of sp³-hybridized carbons (Fsp3) is 0.500. The van der Waals surface area contributed by atoms with Crippen LogP contribution in [0.1, 0.15) is 30.6 Å². The third-order valence-corrected chi connectivity index (χ3v) is 3.98. The molecule has 2 unspecified atom stereocenters. The SMILES string of the molecule is CC(=O)c1cccc(NC(=O)CN2CCC(N)C(C)C2)c1. The van der Waals surface area contributed by atoms with Gasteiger partial charge in [-0.05, 0) is 31.4 Å². The maximum atomic E-state index is 12.1. The number of hydrogen-bond acceptors (Lipinski definition) is 4. The molecule has 0 radical (unpaired) electrons. The van der Waals surface area contributed by atoms with Gasteiger partial charge < -0.3 is 11.1 Å². The van der Waals surface area contributed by atoms with E-state index in [4.69, 9.17) is 5.73 Å². The number of nitrogens with zero attached hydrogens (tertiary/aromatic N) is 1. The molecular formula is C16H23N3O2. The lowest BCUT2D eigenvalue weighted by molar-refractivity contribution is -0.117. The molecule has 1 aromatic carbocycles. The van der Waals surface area contributed by atoms with Crippen molar-refractivity contribution in [2.75, 3.05) is 25.0 Å². The Morgan fingerprint density at radius 3 is 2.86 bits per heavy atom. The molecule has 114 valence electrons. The predicted molar refractivity (Wildman–Crippen MR) is 83.3 cm³/mol. The molecule has 5 nitrogen and oxygen atoms in total. The van der Waals surface area contributed by atoms with Gasteiger partial charge in [0.25, 0.3) is 0 Å². The van der Waals surface area contributed by atoms with Gasteiger partial charge in [-0.3, -0.25) is 14.5 Å². The highest BCUT2D eigenvalue weighted by atomic mass is 16.2. The number of carbonyl (C=O) groups is 2. The smallest absolute Gasteiger partial charge is 0.238 e. The molecule has 0 aliphatic carbocycles. The van der Waals surface area contributed by atoms with E-state index >= 15 is 0 Å². The van der Waals surface area contributed by atoms with Crippen molar-refractivity contribution >= 4 is 17.4 Å². The molecule has 2 rings (SSSR count). The van der Waals surface area contributed by atoms with E-state index in [1.807, 2.05) is 0 Å². The quantitative estimate of drug-likeness (QED) is 0.824. The summed E-state index contributed by atoms with van der Waals surface area (Å²) in [6.07, 6.45) is 0.925. The molecule has 1 heterocycles. The minimum absolute atomic E-state index is 0.00931. The molecule has 1 aromatic rings. The first kappa shape index (κ1) is 15.7. The number of carbonyl (C=O) groups excluding carboxylic acids is 2. The lowest BCUT2D eigenvalue weighted by Crippen LogP contribution is -2.48. The number of benzene rings is 1. The number of piperidine rings is 1. The number of likely N-dealkylation sites (tertiary alicyclic amines) is 1. The Labute approximate surface area is 125 Å². The monoisotopic (exact) mass is 289 g/mol. The number of amides is 1. The van der Waals surface area contributed by atoms with E-state index in [9.17, 15) is 9.59 Å². The standard InChI is InChI=1S/C16H23N3O2/c1-11-9-19(7-6-15(11)17)10-16(21)18-14-5-3-4-13(8-14)12(2)20/h3-5,8,11,15H,6-7,9-10,17H2,1-2H3,(H,18,21). The summed E-state index contributed by atoms with van der Waals surface area (Å²) >= 11 is 0. The van der Waals surface area contributed by atoms with Crippen LogP contribution in [0.4, 0.5) is 5.69 Å². The van der Waals surface area contributed by atoms with Crippen LogP contribution in [-0.2, 0) is 4.79 Å². The van der Waals surface area contributed by atoms with Crippen LogP contribution < -0.4 is 11.1 Å². The van der Waals surface area contributed by atoms with E-state index in [2.05, 4.69) is 17.1 Å². The van der Waals surface area contributed by atoms with Crippen LogP contribution in [0.3, 0.4) is 0 Å². The number of ketones is 1. The van der Waals surface area contributed by atoms with Gasteiger partial charge >= 0.3 is 0 Å². The van der Waals surface area contributed by atoms with Crippen LogP contribution in [0.25, 0.3) is 0 Å². The van der Waals surface area contributed by atoms with Crippen LogP contribution in [0, 0.1) is 5.92 Å². The predicted octanol–water partition coefficient (Wildman–Crippen LogP) is 1.50. The van der Waals surface area contributed by atoms with Crippen LogP contribution in [0.15, 0.2) is 24.3 Å². The molecule has 0 spiro atoms. The summed E-state index contributed by atoms with van der Waals surface area (Å²) in [6, 6.07) is 7.24. The molecule has 2 atom stereocenters. The van der Waals surface area contributed by atoms with Crippen LogP contribution in [0.5, 0.6) is 0 Å². The van der Waals surface area contributed by atoms with Crippen LogP contribution >= 0.6 is 0 Å². The van der Waals surface area contributed by atoms with Crippen molar-refractivity contribution in [3.05, 3.63) is 29.8 Å². The number of nitrogens with two attached hydrogens (primary N) is 1. The average molecular weight is 289 g/mol. The summed E-state index contributed by atoms with van der Waals surface area (Å²) in [4.78, 5) is 25.5. The van der Waals surface area contributed by atoms with E-state index in [0.29, 0.717) is 23.7 Å². The second-order valence-electron chi connectivity index (χ2n) is 5.85. The van der Waals surface area contributed by atoms with Crippen molar-refractivity contribution in [1.82, 2.24) is 4.90 Å². The van der Waals surface area contributed by atoms with Crippen molar-refractivity contribution in [1.29, 1.82) is 0 Å². The van der Waals surface area contributed by atoms with Crippen molar-refractivity contribution < 1.29 is 9.59 Å². The Bertz CT molecular complexity index is 530. The topological polar surface area (TPSA) is 75.4 Å². The molecule has 1 aliphatic rings. The normalized spacial score (nSPS) is 22.8. The summed E-state index contributed by atoms with van der Waals surface area (Å²) in [5.41, 5.74) is 7.24. The number of anilines is 1. The highest BCUT2D eigenvalue weighted by molar-refractivity contribution is 5.97. The minimum Gasteiger partial charge on any atom is -0.327 e. The average Bonchev–Trinajstić information content (AvgIpc) is 2.43. The van der Waals surface area contributed by atoms with Gasteiger partial charge in [0.2, 0.25) is 5.91 Å². The fourth-order valence-electron chi connectivity index (χ4n) is 2.61. The maximum Gasteiger partial charge on any atom is 0.238 e. The van der Waals surface area contributed by atoms with Gasteiger partial charge in [0, 0.05) is 30.4 Å². The summed E-state index contributed by atoms with van der Waals surface area (Å²) in [6.45, 7) is 5.69. The third kappa shape index (κ3) is 4.37. The lowest BCUT2D eigenvalue weighted by atomic mass is 9.95. The molecule has 21 heavy (non-hydrogen) atoms. The largest absolute Gasteiger partial charge is 0.327 e. The van der Waals surface area contributed by atoms with Gasteiger partial charge in [0.05, 0.1) is 6.54 Å². The molecule has 0 aromatic heterocycles. The molecule has 0 bridgehead atoms. The first-order valence-corrected chi connectivity index (χ1v) is 7.34. The molecule has 1 aliphatic heterocycles. The Balaban J connectivity index is 1.90. The summed E-state index contributed by atoms with van der Waals surface area (Å²) in [5.74, 6) is 0.343. The summed E-state index contributed by atoms with van der Waals surface area (Å²) in [5, 5.41) is 2.85. The summed E-state index contributed by atoms with van der Waals surface area (Å²) in [7, 11) is 0. The molecular weight excluding hydrogens is 266 g/mol. The molecule has 5 heteroatoms. The van der Waals surface area contributed by atoms with E-state index < -0.39 is 0 Å². The zero-order valence-electron chi connectivity index (χ0n) is 12.6. The zero-order chi connectivity index (χ0) is 15.4. The van der Waals surface area contributed by atoms with Gasteiger partial charge in [-0.25, -0.2) is 0 Å². The molecule has 3 N–H and O–H groups in total. The Morgan fingerprint density at radius 2 is 2.19 bits per heavy atom. The summed E-state index contributed by atoms with van der Waals surface area (Å²) < 4.78 is 0. The van der Waals surface area contributed by atoms with E-state index in [1.165, 1.54) is 6.92 Å². The highest BCUT2D eigenvalue weighted by Gasteiger charge is 2.24. The van der Waals surface area contributed by atoms with Crippen molar-refractivity contribution in [2.24, 2.45) is 11.7 Å². The Kier molecular flexibility index (Phi) is 5.09. The Morgan fingerprint density at radius 1 is 1.43 bits per heavy atom. The highest BCUT2D eigenvalue weighted by Crippen LogP contribution is 2.15. The van der Waals surface area contributed by atoms with Crippen molar-refractivity contribution in [3.8, 4) is 0 Å². The molecule has 1 fully saturated rings. The Hall–Kier alpha value is -1.72.